The Kier molecular flexibility index (Phi) is 5.88. The number of rotatable bonds is 6. The fourth-order valence-electron chi connectivity index (χ4n) is 3.47. The molecule has 1 aliphatic heterocycles. The summed E-state index contributed by atoms with van der Waals surface area (Å²) in [6.45, 7) is 4.90. The second-order valence-electron chi connectivity index (χ2n) is 6.82. The summed E-state index contributed by atoms with van der Waals surface area (Å²) in [6, 6.07) is 0.0581. The fraction of sp³-hybridized carbons (Fsp3) is 0.938. The highest BCUT2D eigenvalue weighted by atomic mass is 16.5. The van der Waals surface area contributed by atoms with Gasteiger partial charge in [-0.1, -0.05) is 6.42 Å². The lowest BCUT2D eigenvalue weighted by atomic mass is 9.67. The topological polar surface area (TPSA) is 61.8 Å². The van der Waals surface area contributed by atoms with Gasteiger partial charge in [0.15, 0.2) is 0 Å². The Balaban J connectivity index is 1.72. The molecule has 2 N–H and O–H groups in total. The van der Waals surface area contributed by atoms with Crippen molar-refractivity contribution in [2.45, 2.75) is 51.6 Å². The van der Waals surface area contributed by atoms with Crippen LogP contribution in [-0.2, 0) is 4.74 Å². The third kappa shape index (κ3) is 4.33. The highest BCUT2D eigenvalue weighted by Crippen LogP contribution is 2.43. The first-order chi connectivity index (χ1) is 10.1. The molecular formula is C16H30N2O3. The zero-order chi connectivity index (χ0) is 15.3. The van der Waals surface area contributed by atoms with Crippen LogP contribution in [0.1, 0.15) is 45.4 Å². The number of aliphatic hydroxyl groups excluding tert-OH is 1. The van der Waals surface area contributed by atoms with Crippen LogP contribution in [0.5, 0.6) is 0 Å². The molecule has 5 heteroatoms. The molecule has 0 radical (unpaired) electrons. The summed E-state index contributed by atoms with van der Waals surface area (Å²) in [7, 11) is 1.73. The molecule has 1 saturated heterocycles. The van der Waals surface area contributed by atoms with Crippen LogP contribution in [0.2, 0.25) is 0 Å². The number of hydrogen-bond donors (Lipinski definition) is 2. The maximum atomic E-state index is 12.3. The van der Waals surface area contributed by atoms with Gasteiger partial charge in [-0.3, -0.25) is 0 Å². The van der Waals surface area contributed by atoms with Gasteiger partial charge in [0.25, 0.3) is 0 Å². The Labute approximate surface area is 128 Å². The first-order valence-corrected chi connectivity index (χ1v) is 8.26. The van der Waals surface area contributed by atoms with Gasteiger partial charge in [0.2, 0.25) is 0 Å². The van der Waals surface area contributed by atoms with Gasteiger partial charge in [-0.15, -0.1) is 0 Å². The Morgan fingerprint density at radius 2 is 2.10 bits per heavy atom. The van der Waals surface area contributed by atoms with Gasteiger partial charge in [0.1, 0.15) is 0 Å². The van der Waals surface area contributed by atoms with Gasteiger partial charge in [-0.05, 0) is 50.4 Å². The molecular weight excluding hydrogens is 268 g/mol. The molecule has 1 heterocycles. The standard InChI is InChI=1S/C16H30N2O3/c1-13(19)14-4-9-18(10-5-14)15(20)17-12-16(6-3-7-16)8-11-21-2/h13-14,19H,3-12H2,1-2H3,(H,17,20). The van der Waals surface area contributed by atoms with Crippen LogP contribution in [0, 0.1) is 11.3 Å². The number of piperidine rings is 1. The first-order valence-electron chi connectivity index (χ1n) is 8.26. The normalized spacial score (nSPS) is 23.5. The minimum absolute atomic E-state index is 0.0581. The molecule has 0 aromatic rings. The summed E-state index contributed by atoms with van der Waals surface area (Å²) in [5.74, 6) is 0.341. The lowest BCUT2D eigenvalue weighted by Crippen LogP contribution is -2.50. The number of nitrogens with zero attached hydrogens (tertiary/aromatic N) is 1. The number of nitrogens with one attached hydrogen (secondary N) is 1. The summed E-state index contributed by atoms with van der Waals surface area (Å²) < 4.78 is 5.18. The number of hydrogen-bond acceptors (Lipinski definition) is 3. The molecule has 1 atom stereocenters. The first kappa shape index (κ1) is 16.6. The minimum Gasteiger partial charge on any atom is -0.393 e. The third-order valence-corrected chi connectivity index (χ3v) is 5.37. The van der Waals surface area contributed by atoms with E-state index in [9.17, 15) is 9.90 Å². The van der Waals surface area contributed by atoms with Crippen LogP contribution in [0.4, 0.5) is 4.79 Å². The van der Waals surface area contributed by atoms with Gasteiger partial charge in [-0.25, -0.2) is 4.79 Å². The number of amides is 2. The molecule has 0 aromatic carbocycles. The molecule has 2 fully saturated rings. The van der Waals surface area contributed by atoms with Crippen LogP contribution >= 0.6 is 0 Å². The molecule has 1 unspecified atom stereocenters. The van der Waals surface area contributed by atoms with E-state index in [4.69, 9.17) is 4.74 Å². The van der Waals surface area contributed by atoms with Crippen LogP contribution in [0.3, 0.4) is 0 Å². The monoisotopic (exact) mass is 298 g/mol. The van der Waals surface area contributed by atoms with E-state index in [0.717, 1.165) is 45.5 Å². The molecule has 21 heavy (non-hydrogen) atoms. The molecule has 2 aliphatic rings. The van der Waals surface area contributed by atoms with Crippen molar-refractivity contribution in [1.29, 1.82) is 0 Å². The summed E-state index contributed by atoms with van der Waals surface area (Å²) >= 11 is 0. The number of likely N-dealkylation sites (tertiary alicyclic amines) is 1. The maximum absolute atomic E-state index is 12.3. The second-order valence-corrected chi connectivity index (χ2v) is 6.82. The van der Waals surface area contributed by atoms with E-state index in [1.165, 1.54) is 19.3 Å². The summed E-state index contributed by atoms with van der Waals surface area (Å²) in [5.41, 5.74) is 0.267. The zero-order valence-corrected chi connectivity index (χ0v) is 13.4. The molecule has 122 valence electrons. The summed E-state index contributed by atoms with van der Waals surface area (Å²) in [4.78, 5) is 14.1. The number of methoxy groups -OCH3 is 1. The average Bonchev–Trinajstić information content (AvgIpc) is 2.45. The van der Waals surface area contributed by atoms with Crippen molar-refractivity contribution in [2.24, 2.45) is 11.3 Å². The van der Waals surface area contributed by atoms with E-state index < -0.39 is 0 Å². The fourth-order valence-corrected chi connectivity index (χ4v) is 3.47. The lowest BCUT2D eigenvalue weighted by molar-refractivity contribution is 0.0639. The molecule has 2 amide bonds. The zero-order valence-electron chi connectivity index (χ0n) is 13.4. The van der Waals surface area contributed by atoms with Crippen molar-refractivity contribution in [2.75, 3.05) is 33.4 Å². The van der Waals surface area contributed by atoms with Crippen LogP contribution in [0.25, 0.3) is 0 Å². The van der Waals surface area contributed by atoms with Crippen molar-refractivity contribution < 1.29 is 14.6 Å². The van der Waals surface area contributed by atoms with E-state index >= 15 is 0 Å². The van der Waals surface area contributed by atoms with Crippen molar-refractivity contribution in [3.8, 4) is 0 Å². The van der Waals surface area contributed by atoms with E-state index in [1.54, 1.807) is 7.11 Å². The largest absolute Gasteiger partial charge is 0.393 e. The van der Waals surface area contributed by atoms with E-state index in [2.05, 4.69) is 5.32 Å². The smallest absolute Gasteiger partial charge is 0.317 e. The van der Waals surface area contributed by atoms with E-state index in [-0.39, 0.29) is 17.6 Å². The molecule has 1 aliphatic carbocycles. The summed E-state index contributed by atoms with van der Waals surface area (Å²) in [5, 5.41) is 12.7. The predicted molar refractivity (Wildman–Crippen MR) is 82.2 cm³/mol. The van der Waals surface area contributed by atoms with Gasteiger partial charge in [-0.2, -0.15) is 0 Å². The molecule has 0 aromatic heterocycles. The van der Waals surface area contributed by atoms with Crippen LogP contribution in [-0.4, -0.2) is 55.5 Å². The Morgan fingerprint density at radius 1 is 1.43 bits per heavy atom. The number of ether oxygens (including phenoxy) is 1. The van der Waals surface area contributed by atoms with Crippen molar-refractivity contribution in [3.63, 3.8) is 0 Å². The van der Waals surface area contributed by atoms with E-state index in [1.807, 2.05) is 11.8 Å². The second kappa shape index (κ2) is 7.45. The number of carbonyl (C=O) groups is 1. The van der Waals surface area contributed by atoms with Crippen LogP contribution < -0.4 is 5.32 Å². The molecule has 5 nitrogen and oxygen atoms in total. The van der Waals surface area contributed by atoms with Gasteiger partial charge >= 0.3 is 6.03 Å². The van der Waals surface area contributed by atoms with Gasteiger partial charge in [0, 0.05) is 33.4 Å². The van der Waals surface area contributed by atoms with Crippen molar-refractivity contribution >= 4 is 6.03 Å². The van der Waals surface area contributed by atoms with Crippen molar-refractivity contribution in [1.82, 2.24) is 10.2 Å². The molecule has 0 spiro atoms. The van der Waals surface area contributed by atoms with Crippen molar-refractivity contribution in [3.05, 3.63) is 0 Å². The number of urea groups is 1. The quantitative estimate of drug-likeness (QED) is 0.788. The highest BCUT2D eigenvalue weighted by Gasteiger charge is 2.37. The maximum Gasteiger partial charge on any atom is 0.317 e. The lowest BCUT2D eigenvalue weighted by Gasteiger charge is -2.42. The third-order valence-electron chi connectivity index (χ3n) is 5.37. The Bertz CT molecular complexity index is 334. The Hall–Kier alpha value is -0.810. The number of carbonyl (C=O) groups excluding carboxylic acids is 1. The molecule has 0 bridgehead atoms. The molecule has 2 rings (SSSR count). The predicted octanol–water partition coefficient (Wildman–Crippen LogP) is 2.00. The number of aliphatic hydroxyl groups is 1. The SMILES string of the molecule is COCCC1(CNC(=O)N2CCC(C(C)O)CC2)CCC1. The minimum atomic E-state index is -0.262. The molecule has 1 saturated carbocycles. The van der Waals surface area contributed by atoms with Gasteiger partial charge < -0.3 is 20.1 Å². The van der Waals surface area contributed by atoms with E-state index in [0.29, 0.717) is 5.92 Å². The summed E-state index contributed by atoms with van der Waals surface area (Å²) in [6.07, 6.45) is 6.23. The Morgan fingerprint density at radius 3 is 2.57 bits per heavy atom. The average molecular weight is 298 g/mol. The highest BCUT2D eigenvalue weighted by molar-refractivity contribution is 5.74. The van der Waals surface area contributed by atoms with Crippen LogP contribution in [0.15, 0.2) is 0 Å². The van der Waals surface area contributed by atoms with Gasteiger partial charge in [0.05, 0.1) is 6.10 Å².